The van der Waals surface area contributed by atoms with Gasteiger partial charge in [-0.2, -0.15) is 0 Å². The van der Waals surface area contributed by atoms with Gasteiger partial charge in [0.05, 0.1) is 19.8 Å². The van der Waals surface area contributed by atoms with Crippen LogP contribution in [-0.4, -0.2) is 31.6 Å². The van der Waals surface area contributed by atoms with Crippen molar-refractivity contribution >= 4 is 5.97 Å². The lowest BCUT2D eigenvalue weighted by Gasteiger charge is -2.34. The van der Waals surface area contributed by atoms with E-state index in [2.05, 4.69) is 0 Å². The second-order valence-corrected chi connectivity index (χ2v) is 5.29. The molecule has 2 fully saturated rings. The molecule has 18 heavy (non-hydrogen) atoms. The Morgan fingerprint density at radius 3 is 2.78 bits per heavy atom. The number of ether oxygens (including phenoxy) is 3. The van der Waals surface area contributed by atoms with E-state index in [1.807, 2.05) is 0 Å². The Bertz CT molecular complexity index is 271. The summed E-state index contributed by atoms with van der Waals surface area (Å²) < 4.78 is 16.8. The zero-order chi connectivity index (χ0) is 12.8. The Morgan fingerprint density at radius 1 is 1.28 bits per heavy atom. The van der Waals surface area contributed by atoms with Crippen LogP contribution in [0.5, 0.6) is 0 Å². The maximum Gasteiger partial charge on any atom is 0.302 e. The maximum absolute atomic E-state index is 10.7. The van der Waals surface area contributed by atoms with E-state index in [0.29, 0.717) is 12.5 Å². The first-order chi connectivity index (χ1) is 8.73. The lowest BCUT2D eigenvalue weighted by atomic mass is 9.89. The molecule has 0 N–H and O–H groups in total. The summed E-state index contributed by atoms with van der Waals surface area (Å²) in [6.07, 6.45) is 7.83. The standard InChI is InChI=1S/C14H24O4/c1-12(15)16-9-5-7-13-6-3-2-4-8-14(13)17-10-11-18-14/h13H,2-11H2,1H3. The van der Waals surface area contributed by atoms with Crippen molar-refractivity contribution in [2.75, 3.05) is 19.8 Å². The van der Waals surface area contributed by atoms with Crippen LogP contribution in [0.25, 0.3) is 0 Å². The molecule has 1 heterocycles. The van der Waals surface area contributed by atoms with Crippen molar-refractivity contribution in [1.82, 2.24) is 0 Å². The fraction of sp³-hybridized carbons (Fsp3) is 0.929. The monoisotopic (exact) mass is 256 g/mol. The molecule has 1 saturated heterocycles. The minimum atomic E-state index is -0.327. The fourth-order valence-electron chi connectivity index (χ4n) is 3.12. The van der Waals surface area contributed by atoms with Crippen molar-refractivity contribution < 1.29 is 19.0 Å². The minimum Gasteiger partial charge on any atom is -0.466 e. The molecule has 1 aliphatic heterocycles. The van der Waals surface area contributed by atoms with Crippen LogP contribution >= 0.6 is 0 Å². The molecule has 0 aromatic heterocycles. The van der Waals surface area contributed by atoms with Crippen molar-refractivity contribution in [3.63, 3.8) is 0 Å². The summed E-state index contributed by atoms with van der Waals surface area (Å²) in [5.41, 5.74) is 0. The van der Waals surface area contributed by atoms with Crippen molar-refractivity contribution in [1.29, 1.82) is 0 Å². The quantitative estimate of drug-likeness (QED) is 0.573. The van der Waals surface area contributed by atoms with Crippen LogP contribution < -0.4 is 0 Å². The Morgan fingerprint density at radius 2 is 2.06 bits per heavy atom. The number of hydrogen-bond acceptors (Lipinski definition) is 4. The third-order valence-electron chi connectivity index (χ3n) is 3.98. The molecular formula is C14H24O4. The summed E-state index contributed by atoms with van der Waals surface area (Å²) in [5, 5.41) is 0. The first-order valence-corrected chi connectivity index (χ1v) is 7.14. The molecular weight excluding hydrogens is 232 g/mol. The predicted octanol–water partition coefficient (Wildman–Crippen LogP) is 2.65. The topological polar surface area (TPSA) is 44.8 Å². The molecule has 2 rings (SSSR count). The van der Waals surface area contributed by atoms with Crippen molar-refractivity contribution in [2.45, 2.75) is 57.7 Å². The van der Waals surface area contributed by atoms with Crippen molar-refractivity contribution in [2.24, 2.45) is 5.92 Å². The van der Waals surface area contributed by atoms with Crippen LogP contribution in [0.15, 0.2) is 0 Å². The summed E-state index contributed by atoms with van der Waals surface area (Å²) in [6, 6.07) is 0. The van der Waals surface area contributed by atoms with E-state index in [0.717, 1.165) is 32.5 Å². The number of carbonyl (C=O) groups is 1. The lowest BCUT2D eigenvalue weighted by molar-refractivity contribution is -0.201. The van der Waals surface area contributed by atoms with Crippen molar-refractivity contribution in [3.05, 3.63) is 0 Å². The van der Waals surface area contributed by atoms with Gasteiger partial charge in [-0.1, -0.05) is 12.8 Å². The van der Waals surface area contributed by atoms with Crippen molar-refractivity contribution in [3.8, 4) is 0 Å². The number of carbonyl (C=O) groups excluding carboxylic acids is 1. The highest BCUT2D eigenvalue weighted by Crippen LogP contribution is 2.41. The maximum atomic E-state index is 10.7. The second-order valence-electron chi connectivity index (χ2n) is 5.29. The van der Waals surface area contributed by atoms with E-state index >= 15 is 0 Å². The first kappa shape index (κ1) is 13.8. The summed E-state index contributed by atoms with van der Waals surface area (Å²) >= 11 is 0. The molecule has 1 saturated carbocycles. The number of esters is 1. The van der Waals surface area contributed by atoms with Gasteiger partial charge in [-0.05, 0) is 25.7 Å². The molecule has 2 aliphatic rings. The van der Waals surface area contributed by atoms with E-state index in [1.165, 1.54) is 32.6 Å². The largest absolute Gasteiger partial charge is 0.466 e. The normalized spacial score (nSPS) is 27.1. The van der Waals surface area contributed by atoms with E-state index in [-0.39, 0.29) is 11.8 Å². The van der Waals surface area contributed by atoms with Gasteiger partial charge in [0.15, 0.2) is 5.79 Å². The zero-order valence-electron chi connectivity index (χ0n) is 11.3. The van der Waals surface area contributed by atoms with Crippen LogP contribution in [0.2, 0.25) is 0 Å². The van der Waals surface area contributed by atoms with Gasteiger partial charge >= 0.3 is 5.97 Å². The molecule has 4 heteroatoms. The smallest absolute Gasteiger partial charge is 0.302 e. The van der Waals surface area contributed by atoms with Gasteiger partial charge in [-0.3, -0.25) is 4.79 Å². The average Bonchev–Trinajstić information content (AvgIpc) is 2.71. The molecule has 4 nitrogen and oxygen atoms in total. The van der Waals surface area contributed by atoms with Gasteiger partial charge in [0.25, 0.3) is 0 Å². The highest BCUT2D eigenvalue weighted by atomic mass is 16.7. The fourth-order valence-corrected chi connectivity index (χ4v) is 3.12. The molecule has 104 valence electrons. The van der Waals surface area contributed by atoms with Gasteiger partial charge in [0.2, 0.25) is 0 Å². The summed E-state index contributed by atoms with van der Waals surface area (Å²) in [5.74, 6) is -0.0655. The lowest BCUT2D eigenvalue weighted by Crippen LogP contribution is -2.38. The molecule has 0 radical (unpaired) electrons. The third kappa shape index (κ3) is 3.45. The molecule has 0 aromatic carbocycles. The van der Waals surface area contributed by atoms with Gasteiger partial charge in [0.1, 0.15) is 0 Å². The van der Waals surface area contributed by atoms with E-state index in [9.17, 15) is 4.79 Å². The molecule has 1 atom stereocenters. The zero-order valence-corrected chi connectivity index (χ0v) is 11.3. The Labute approximate surface area is 109 Å². The minimum absolute atomic E-state index is 0.195. The van der Waals surface area contributed by atoms with Gasteiger partial charge in [-0.15, -0.1) is 0 Å². The Hall–Kier alpha value is -0.610. The SMILES string of the molecule is CC(=O)OCCCC1CCCCCC12OCCO2. The number of hydrogen-bond donors (Lipinski definition) is 0. The van der Waals surface area contributed by atoms with Gasteiger partial charge in [0, 0.05) is 19.3 Å². The van der Waals surface area contributed by atoms with Crippen LogP contribution in [0.1, 0.15) is 51.9 Å². The molecule has 0 amide bonds. The predicted molar refractivity (Wildman–Crippen MR) is 67.1 cm³/mol. The highest BCUT2D eigenvalue weighted by Gasteiger charge is 2.44. The summed E-state index contributed by atoms with van der Waals surface area (Å²) in [4.78, 5) is 10.7. The summed E-state index contributed by atoms with van der Waals surface area (Å²) in [7, 11) is 0. The van der Waals surface area contributed by atoms with Crippen LogP contribution in [-0.2, 0) is 19.0 Å². The van der Waals surface area contributed by atoms with Gasteiger partial charge in [-0.25, -0.2) is 0 Å². The molecule has 0 aromatic rings. The molecule has 1 unspecified atom stereocenters. The Kier molecular flexibility index (Phi) is 5.01. The van der Waals surface area contributed by atoms with Crippen LogP contribution in [0, 0.1) is 5.92 Å². The van der Waals surface area contributed by atoms with Crippen LogP contribution in [0.3, 0.4) is 0 Å². The highest BCUT2D eigenvalue weighted by molar-refractivity contribution is 5.65. The van der Waals surface area contributed by atoms with E-state index in [4.69, 9.17) is 14.2 Å². The second kappa shape index (κ2) is 6.53. The Balaban J connectivity index is 1.84. The number of rotatable bonds is 4. The molecule has 1 aliphatic carbocycles. The molecule has 1 spiro atoms. The third-order valence-corrected chi connectivity index (χ3v) is 3.98. The average molecular weight is 256 g/mol. The van der Waals surface area contributed by atoms with E-state index in [1.54, 1.807) is 0 Å². The van der Waals surface area contributed by atoms with E-state index < -0.39 is 0 Å². The first-order valence-electron chi connectivity index (χ1n) is 7.14. The summed E-state index contributed by atoms with van der Waals surface area (Å²) in [6.45, 7) is 3.42. The molecule has 0 bridgehead atoms. The van der Waals surface area contributed by atoms with Gasteiger partial charge < -0.3 is 14.2 Å². The van der Waals surface area contributed by atoms with Crippen LogP contribution in [0.4, 0.5) is 0 Å².